The topological polar surface area (TPSA) is 61.4 Å². The van der Waals surface area contributed by atoms with Gasteiger partial charge in [0.1, 0.15) is 0 Å². The molecule has 2 unspecified atom stereocenters. The molecule has 136 valence electrons. The van der Waals surface area contributed by atoms with Crippen molar-refractivity contribution in [1.82, 2.24) is 5.32 Å². The van der Waals surface area contributed by atoms with Gasteiger partial charge in [-0.3, -0.25) is 9.59 Å². The molecule has 2 atom stereocenters. The Kier molecular flexibility index (Phi) is 5.18. The van der Waals surface area contributed by atoms with Crippen molar-refractivity contribution < 1.29 is 9.59 Å². The van der Waals surface area contributed by atoms with Gasteiger partial charge in [0, 0.05) is 42.0 Å². The predicted octanol–water partition coefficient (Wildman–Crippen LogP) is 4.00. The van der Waals surface area contributed by atoms with Crippen LogP contribution < -0.4 is 15.5 Å². The average molecular weight is 372 g/mol. The summed E-state index contributed by atoms with van der Waals surface area (Å²) in [4.78, 5) is 26.0. The Labute approximate surface area is 158 Å². The lowest BCUT2D eigenvalue weighted by atomic mass is 9.90. The molecule has 0 aromatic heterocycles. The third-order valence-corrected chi connectivity index (χ3v) is 4.95. The molecule has 2 N–H and O–H groups in total. The predicted molar refractivity (Wildman–Crippen MR) is 105 cm³/mol. The van der Waals surface area contributed by atoms with Crippen molar-refractivity contribution in [2.45, 2.75) is 32.4 Å². The molecule has 5 nitrogen and oxygen atoms in total. The number of nitrogens with one attached hydrogen (secondary N) is 2. The minimum absolute atomic E-state index is 0.00335. The molecule has 1 aliphatic heterocycles. The van der Waals surface area contributed by atoms with Gasteiger partial charge in [-0.25, -0.2) is 0 Å². The number of hydrogen-bond donors (Lipinski definition) is 2. The van der Waals surface area contributed by atoms with Crippen molar-refractivity contribution in [3.63, 3.8) is 0 Å². The van der Waals surface area contributed by atoms with Gasteiger partial charge >= 0.3 is 0 Å². The van der Waals surface area contributed by atoms with Crippen LogP contribution in [0.1, 0.15) is 42.2 Å². The molecule has 0 saturated carbocycles. The standard InChI is InChI=1S/C20H22ClN3O2/c1-12-10-18(23-16-7-5-15(21)6-8-16)17-11-14(20(26)22-3)4-9-19(17)24(12)13(2)25/h4-9,11-12,18,23H,10H2,1-3H3,(H,22,26). The summed E-state index contributed by atoms with van der Waals surface area (Å²) in [5.41, 5.74) is 3.30. The molecule has 26 heavy (non-hydrogen) atoms. The fourth-order valence-corrected chi connectivity index (χ4v) is 3.64. The molecule has 0 spiro atoms. The number of benzene rings is 2. The lowest BCUT2D eigenvalue weighted by Gasteiger charge is -2.39. The number of anilines is 2. The van der Waals surface area contributed by atoms with E-state index in [-0.39, 0.29) is 23.9 Å². The lowest BCUT2D eigenvalue weighted by molar-refractivity contribution is -0.117. The molecular formula is C20H22ClN3O2. The Hall–Kier alpha value is -2.53. The van der Waals surface area contributed by atoms with Crippen molar-refractivity contribution in [1.29, 1.82) is 0 Å². The maximum atomic E-state index is 12.2. The zero-order valence-electron chi connectivity index (χ0n) is 15.0. The minimum atomic E-state index is -0.147. The van der Waals surface area contributed by atoms with E-state index < -0.39 is 0 Å². The summed E-state index contributed by atoms with van der Waals surface area (Å²) in [7, 11) is 1.61. The van der Waals surface area contributed by atoms with Crippen LogP contribution in [0.3, 0.4) is 0 Å². The van der Waals surface area contributed by atoms with E-state index in [4.69, 9.17) is 11.6 Å². The third kappa shape index (κ3) is 3.53. The number of nitrogens with zero attached hydrogens (tertiary/aromatic N) is 1. The smallest absolute Gasteiger partial charge is 0.251 e. The highest BCUT2D eigenvalue weighted by molar-refractivity contribution is 6.30. The van der Waals surface area contributed by atoms with Gasteiger partial charge in [-0.1, -0.05) is 11.6 Å². The van der Waals surface area contributed by atoms with Crippen LogP contribution in [0.15, 0.2) is 42.5 Å². The minimum Gasteiger partial charge on any atom is -0.378 e. The summed E-state index contributed by atoms with van der Waals surface area (Å²) in [6.07, 6.45) is 0.742. The molecule has 0 aliphatic carbocycles. The van der Waals surface area contributed by atoms with E-state index in [1.807, 2.05) is 43.3 Å². The fourth-order valence-electron chi connectivity index (χ4n) is 3.51. The summed E-state index contributed by atoms with van der Waals surface area (Å²) in [6, 6.07) is 13.0. The van der Waals surface area contributed by atoms with E-state index in [0.717, 1.165) is 23.4 Å². The second-order valence-corrected chi connectivity index (χ2v) is 6.97. The normalized spacial score (nSPS) is 18.8. The first kappa shape index (κ1) is 18.3. The number of rotatable bonds is 3. The first-order chi connectivity index (χ1) is 12.4. The summed E-state index contributed by atoms with van der Waals surface area (Å²) in [6.45, 7) is 3.60. The molecule has 2 aromatic rings. The van der Waals surface area contributed by atoms with E-state index in [9.17, 15) is 9.59 Å². The molecule has 1 aliphatic rings. The maximum Gasteiger partial charge on any atom is 0.251 e. The fraction of sp³-hybridized carbons (Fsp3) is 0.300. The number of fused-ring (bicyclic) bond motifs is 1. The molecule has 3 rings (SSSR count). The zero-order chi connectivity index (χ0) is 18.8. The second kappa shape index (κ2) is 7.38. The molecule has 2 amide bonds. The first-order valence-electron chi connectivity index (χ1n) is 8.58. The Morgan fingerprint density at radius 3 is 2.46 bits per heavy atom. The second-order valence-electron chi connectivity index (χ2n) is 6.53. The number of carbonyl (C=O) groups excluding carboxylic acids is 2. The van der Waals surface area contributed by atoms with Crippen LogP contribution >= 0.6 is 11.6 Å². The van der Waals surface area contributed by atoms with E-state index >= 15 is 0 Å². The van der Waals surface area contributed by atoms with Gasteiger partial charge in [0.15, 0.2) is 0 Å². The van der Waals surface area contributed by atoms with Crippen molar-refractivity contribution in [3.05, 3.63) is 58.6 Å². The van der Waals surface area contributed by atoms with Crippen LogP contribution in [0.5, 0.6) is 0 Å². The lowest BCUT2D eigenvalue weighted by Crippen LogP contribution is -2.43. The van der Waals surface area contributed by atoms with Gasteiger partial charge in [-0.15, -0.1) is 0 Å². The van der Waals surface area contributed by atoms with Gasteiger partial charge < -0.3 is 15.5 Å². The zero-order valence-corrected chi connectivity index (χ0v) is 15.8. The molecular weight excluding hydrogens is 350 g/mol. The van der Waals surface area contributed by atoms with Crippen LogP contribution in [0, 0.1) is 0 Å². The Balaban J connectivity index is 2.03. The molecule has 2 aromatic carbocycles. The van der Waals surface area contributed by atoms with E-state index in [1.165, 1.54) is 0 Å². The van der Waals surface area contributed by atoms with Crippen molar-refractivity contribution in [2.24, 2.45) is 0 Å². The number of hydrogen-bond acceptors (Lipinski definition) is 3. The van der Waals surface area contributed by atoms with Gasteiger partial charge in [0.25, 0.3) is 5.91 Å². The largest absolute Gasteiger partial charge is 0.378 e. The summed E-state index contributed by atoms with van der Waals surface area (Å²) in [5.74, 6) is -0.151. The number of carbonyl (C=O) groups is 2. The van der Waals surface area contributed by atoms with Crippen LogP contribution in [0.4, 0.5) is 11.4 Å². The van der Waals surface area contributed by atoms with Crippen molar-refractivity contribution in [2.75, 3.05) is 17.3 Å². The van der Waals surface area contributed by atoms with Gasteiger partial charge in [0.2, 0.25) is 5.91 Å². The highest BCUT2D eigenvalue weighted by Crippen LogP contribution is 2.39. The van der Waals surface area contributed by atoms with E-state index in [0.29, 0.717) is 10.6 Å². The average Bonchev–Trinajstić information content (AvgIpc) is 2.62. The highest BCUT2D eigenvalue weighted by Gasteiger charge is 2.32. The van der Waals surface area contributed by atoms with E-state index in [2.05, 4.69) is 10.6 Å². The van der Waals surface area contributed by atoms with E-state index in [1.54, 1.807) is 24.9 Å². The Morgan fingerprint density at radius 1 is 1.15 bits per heavy atom. The molecule has 6 heteroatoms. The summed E-state index contributed by atoms with van der Waals surface area (Å²) in [5, 5.41) is 6.84. The third-order valence-electron chi connectivity index (χ3n) is 4.69. The summed E-state index contributed by atoms with van der Waals surface area (Å²) >= 11 is 5.97. The van der Waals surface area contributed by atoms with Crippen LogP contribution in [0.25, 0.3) is 0 Å². The molecule has 1 heterocycles. The van der Waals surface area contributed by atoms with Gasteiger partial charge in [-0.05, 0) is 61.4 Å². The number of halogens is 1. The van der Waals surface area contributed by atoms with Crippen LogP contribution in [0.2, 0.25) is 5.02 Å². The van der Waals surface area contributed by atoms with Crippen LogP contribution in [-0.4, -0.2) is 24.9 Å². The summed E-state index contributed by atoms with van der Waals surface area (Å²) < 4.78 is 0. The van der Waals surface area contributed by atoms with Gasteiger partial charge in [0.05, 0.1) is 6.04 Å². The van der Waals surface area contributed by atoms with Gasteiger partial charge in [-0.2, -0.15) is 0 Å². The monoisotopic (exact) mass is 371 g/mol. The van der Waals surface area contributed by atoms with Crippen molar-refractivity contribution in [3.8, 4) is 0 Å². The molecule has 0 bridgehead atoms. The number of amides is 2. The quantitative estimate of drug-likeness (QED) is 0.857. The van der Waals surface area contributed by atoms with Crippen LogP contribution in [-0.2, 0) is 4.79 Å². The molecule has 0 fully saturated rings. The maximum absolute atomic E-state index is 12.2. The van der Waals surface area contributed by atoms with Crippen molar-refractivity contribution >= 4 is 34.8 Å². The highest BCUT2D eigenvalue weighted by atomic mass is 35.5. The first-order valence-corrected chi connectivity index (χ1v) is 8.96. The SMILES string of the molecule is CNC(=O)c1ccc2c(c1)C(Nc1ccc(Cl)cc1)CC(C)N2C(C)=O. The molecule has 0 saturated heterocycles. The molecule has 0 radical (unpaired) electrons. The Morgan fingerprint density at radius 2 is 1.85 bits per heavy atom. The Bertz CT molecular complexity index is 835.